The number of nitro benzene ring substituents is 1. The van der Waals surface area contributed by atoms with Gasteiger partial charge < -0.3 is 0 Å². The Hall–Kier alpha value is -2.12. The van der Waals surface area contributed by atoms with E-state index in [-0.39, 0.29) is 21.3 Å². The molecule has 0 atom stereocenters. The molecule has 2 aromatic carbocycles. The largest absolute Gasteiger partial charge is 0.279 e. The van der Waals surface area contributed by atoms with Crippen molar-refractivity contribution in [2.45, 2.75) is 4.90 Å². The predicted octanol–water partition coefficient (Wildman–Crippen LogP) is 3.05. The zero-order valence-corrected chi connectivity index (χ0v) is 11.6. The molecule has 0 unspecified atom stereocenters. The van der Waals surface area contributed by atoms with Crippen molar-refractivity contribution >= 4 is 33.0 Å². The molecule has 0 spiro atoms. The molecule has 8 heteroatoms. The van der Waals surface area contributed by atoms with Crippen LogP contribution in [-0.4, -0.2) is 13.3 Å². The molecule has 0 bridgehead atoms. The van der Waals surface area contributed by atoms with E-state index >= 15 is 0 Å². The number of hydrogen-bond acceptors (Lipinski definition) is 4. The molecule has 0 aliphatic heterocycles. The summed E-state index contributed by atoms with van der Waals surface area (Å²) >= 11 is 5.74. The van der Waals surface area contributed by atoms with E-state index in [0.717, 1.165) is 6.07 Å². The van der Waals surface area contributed by atoms with Crippen molar-refractivity contribution in [2.24, 2.45) is 0 Å². The van der Waals surface area contributed by atoms with E-state index in [4.69, 9.17) is 11.6 Å². The average molecular weight is 313 g/mol. The molecule has 0 aliphatic rings. The molecule has 2 rings (SSSR count). The van der Waals surface area contributed by atoms with Gasteiger partial charge >= 0.3 is 0 Å². The Kier molecular flexibility index (Phi) is 3.91. The summed E-state index contributed by atoms with van der Waals surface area (Å²) in [6.07, 6.45) is 0. The van der Waals surface area contributed by atoms with Crippen molar-refractivity contribution in [1.82, 2.24) is 0 Å². The zero-order chi connectivity index (χ0) is 14.8. The summed E-state index contributed by atoms with van der Waals surface area (Å²) in [5, 5.41) is 10.9. The quantitative estimate of drug-likeness (QED) is 0.694. The summed E-state index contributed by atoms with van der Waals surface area (Å²) in [5.41, 5.74) is -0.0875. The number of hydrogen-bond donors (Lipinski definition) is 1. The van der Waals surface area contributed by atoms with E-state index in [1.807, 2.05) is 0 Å². The third-order valence-electron chi connectivity index (χ3n) is 2.42. The van der Waals surface area contributed by atoms with Crippen LogP contribution in [0.5, 0.6) is 0 Å². The number of nitrogens with zero attached hydrogens (tertiary/aromatic N) is 1. The molecule has 1 N–H and O–H groups in total. The first-order valence-corrected chi connectivity index (χ1v) is 7.27. The van der Waals surface area contributed by atoms with Crippen molar-refractivity contribution < 1.29 is 13.3 Å². The first kappa shape index (κ1) is 14.3. The van der Waals surface area contributed by atoms with Crippen molar-refractivity contribution in [1.29, 1.82) is 0 Å². The SMILES string of the molecule is O=[N+]([O-])c1cccc(NS(=O)(=O)c2cccc(Cl)c2)c1. The van der Waals surface area contributed by atoms with E-state index in [0.29, 0.717) is 0 Å². The van der Waals surface area contributed by atoms with Crippen LogP contribution in [-0.2, 0) is 10.0 Å². The lowest BCUT2D eigenvalue weighted by atomic mass is 10.3. The number of rotatable bonds is 4. The average Bonchev–Trinajstić information content (AvgIpc) is 2.38. The summed E-state index contributed by atoms with van der Waals surface area (Å²) in [7, 11) is -3.84. The highest BCUT2D eigenvalue weighted by Gasteiger charge is 2.16. The Morgan fingerprint density at radius 3 is 2.45 bits per heavy atom. The van der Waals surface area contributed by atoms with Crippen LogP contribution in [0.25, 0.3) is 0 Å². The van der Waals surface area contributed by atoms with E-state index < -0.39 is 14.9 Å². The van der Waals surface area contributed by atoms with E-state index in [9.17, 15) is 18.5 Å². The van der Waals surface area contributed by atoms with E-state index in [2.05, 4.69) is 4.72 Å². The number of benzene rings is 2. The fourth-order valence-corrected chi connectivity index (χ4v) is 2.88. The first-order chi connectivity index (χ1) is 9.38. The summed E-state index contributed by atoms with van der Waals surface area (Å²) in [6, 6.07) is 11.0. The third kappa shape index (κ3) is 3.25. The predicted molar refractivity (Wildman–Crippen MR) is 75.4 cm³/mol. The van der Waals surface area contributed by atoms with E-state index in [1.165, 1.54) is 36.4 Å². The van der Waals surface area contributed by atoms with Gasteiger partial charge in [0, 0.05) is 17.2 Å². The fraction of sp³-hybridized carbons (Fsp3) is 0. The topological polar surface area (TPSA) is 89.3 Å². The smallest absolute Gasteiger partial charge is 0.271 e. The minimum Gasteiger partial charge on any atom is -0.279 e. The van der Waals surface area contributed by atoms with Crippen LogP contribution >= 0.6 is 11.6 Å². The van der Waals surface area contributed by atoms with Gasteiger partial charge in [0.1, 0.15) is 0 Å². The van der Waals surface area contributed by atoms with Crippen molar-refractivity contribution in [2.75, 3.05) is 4.72 Å². The molecule has 6 nitrogen and oxygen atoms in total. The number of nitro groups is 1. The zero-order valence-electron chi connectivity index (χ0n) is 9.99. The highest BCUT2D eigenvalue weighted by Crippen LogP contribution is 2.22. The van der Waals surface area contributed by atoms with Gasteiger partial charge in [0.15, 0.2) is 0 Å². The summed E-state index contributed by atoms with van der Waals surface area (Å²) in [6.45, 7) is 0. The Balaban J connectivity index is 2.33. The fourth-order valence-electron chi connectivity index (χ4n) is 1.53. The van der Waals surface area contributed by atoms with Gasteiger partial charge in [0.25, 0.3) is 15.7 Å². The molecule has 104 valence electrons. The van der Waals surface area contributed by atoms with Gasteiger partial charge in [-0.25, -0.2) is 8.42 Å². The minimum absolute atomic E-state index is 0.0171. The van der Waals surface area contributed by atoms with Gasteiger partial charge in [-0.3, -0.25) is 14.8 Å². The Morgan fingerprint density at radius 1 is 1.10 bits per heavy atom. The number of nitrogens with one attached hydrogen (secondary N) is 1. The van der Waals surface area contributed by atoms with Gasteiger partial charge in [-0.1, -0.05) is 23.7 Å². The maximum atomic E-state index is 12.1. The number of anilines is 1. The number of non-ortho nitro benzene ring substituents is 1. The van der Waals surface area contributed by atoms with Crippen LogP contribution < -0.4 is 4.72 Å². The van der Waals surface area contributed by atoms with Crippen molar-refractivity contribution in [3.8, 4) is 0 Å². The third-order valence-corrected chi connectivity index (χ3v) is 4.03. The second-order valence-electron chi connectivity index (χ2n) is 3.87. The molecule has 0 aromatic heterocycles. The molecule has 0 saturated heterocycles. The van der Waals surface area contributed by atoms with Crippen LogP contribution in [0.3, 0.4) is 0 Å². The molecule has 0 aliphatic carbocycles. The van der Waals surface area contributed by atoms with Gasteiger partial charge in [0.05, 0.1) is 15.5 Å². The molecule has 0 radical (unpaired) electrons. The molecule has 0 amide bonds. The normalized spacial score (nSPS) is 11.1. The highest BCUT2D eigenvalue weighted by atomic mass is 35.5. The second-order valence-corrected chi connectivity index (χ2v) is 5.99. The molecule has 0 saturated carbocycles. The monoisotopic (exact) mass is 312 g/mol. The Bertz CT molecular complexity index is 762. The lowest BCUT2D eigenvalue weighted by molar-refractivity contribution is -0.384. The maximum Gasteiger partial charge on any atom is 0.271 e. The van der Waals surface area contributed by atoms with E-state index in [1.54, 1.807) is 6.07 Å². The lowest BCUT2D eigenvalue weighted by Crippen LogP contribution is -2.12. The van der Waals surface area contributed by atoms with Crippen molar-refractivity contribution in [3.05, 3.63) is 63.7 Å². The second kappa shape index (κ2) is 5.48. The summed E-state index contributed by atoms with van der Waals surface area (Å²) in [5.74, 6) is 0. The van der Waals surface area contributed by atoms with Crippen LogP contribution in [0.1, 0.15) is 0 Å². The van der Waals surface area contributed by atoms with Crippen molar-refractivity contribution in [3.63, 3.8) is 0 Å². The molecule has 0 fully saturated rings. The number of halogens is 1. The molecule has 0 heterocycles. The molecular weight excluding hydrogens is 304 g/mol. The number of sulfonamides is 1. The summed E-state index contributed by atoms with van der Waals surface area (Å²) < 4.78 is 26.5. The Morgan fingerprint density at radius 2 is 1.80 bits per heavy atom. The highest BCUT2D eigenvalue weighted by molar-refractivity contribution is 7.92. The summed E-state index contributed by atoms with van der Waals surface area (Å²) in [4.78, 5) is 10.0. The van der Waals surface area contributed by atoms with Crippen LogP contribution in [0, 0.1) is 10.1 Å². The van der Waals surface area contributed by atoms with Gasteiger partial charge in [0.2, 0.25) is 0 Å². The molecule has 20 heavy (non-hydrogen) atoms. The van der Waals surface area contributed by atoms with Gasteiger partial charge in [-0.05, 0) is 24.3 Å². The van der Waals surface area contributed by atoms with Crippen LogP contribution in [0.2, 0.25) is 5.02 Å². The Labute approximate surface area is 120 Å². The molecular formula is C12H9ClN2O4S. The minimum atomic E-state index is -3.84. The van der Waals surface area contributed by atoms with Crippen LogP contribution in [0.15, 0.2) is 53.4 Å². The first-order valence-electron chi connectivity index (χ1n) is 5.41. The van der Waals surface area contributed by atoms with Crippen LogP contribution in [0.4, 0.5) is 11.4 Å². The standard InChI is InChI=1S/C12H9ClN2O4S/c13-9-3-1-6-12(7-9)20(18,19)14-10-4-2-5-11(8-10)15(16)17/h1-8,14H. The lowest BCUT2D eigenvalue weighted by Gasteiger charge is -2.08. The van der Waals surface area contributed by atoms with Gasteiger partial charge in [-0.15, -0.1) is 0 Å². The maximum absolute atomic E-state index is 12.1. The molecule has 2 aromatic rings. The van der Waals surface area contributed by atoms with Gasteiger partial charge in [-0.2, -0.15) is 0 Å².